The summed E-state index contributed by atoms with van der Waals surface area (Å²) in [7, 11) is 0. The highest BCUT2D eigenvalue weighted by Crippen LogP contribution is 2.31. The topological polar surface area (TPSA) is 99.3 Å². The van der Waals surface area contributed by atoms with Crippen molar-refractivity contribution < 1.29 is 9.53 Å². The van der Waals surface area contributed by atoms with Crippen molar-refractivity contribution in [2.24, 2.45) is 0 Å². The SMILES string of the molecule is CCCOc1ccc(NC(=O)NCCN2CCCC2)cc1-c1nc2ccsc2c(=O)[nH]1. The number of fused-ring (bicyclic) bond motifs is 1. The zero-order valence-corrected chi connectivity index (χ0v) is 18.4. The molecular formula is C22H27N5O3S. The van der Waals surface area contributed by atoms with Gasteiger partial charge < -0.3 is 25.3 Å². The summed E-state index contributed by atoms with van der Waals surface area (Å²) >= 11 is 1.36. The summed E-state index contributed by atoms with van der Waals surface area (Å²) in [5, 5.41) is 7.61. The van der Waals surface area contributed by atoms with Gasteiger partial charge in [0, 0.05) is 18.8 Å². The quantitative estimate of drug-likeness (QED) is 0.495. The summed E-state index contributed by atoms with van der Waals surface area (Å²) < 4.78 is 6.45. The van der Waals surface area contributed by atoms with Gasteiger partial charge in [-0.1, -0.05) is 6.92 Å². The Kier molecular flexibility index (Phi) is 6.83. The highest BCUT2D eigenvalue weighted by molar-refractivity contribution is 7.17. The number of thiophene rings is 1. The van der Waals surface area contributed by atoms with Gasteiger partial charge in [0.2, 0.25) is 0 Å². The number of H-pyrrole nitrogens is 1. The molecule has 9 heteroatoms. The number of hydrogen-bond acceptors (Lipinski definition) is 6. The van der Waals surface area contributed by atoms with Gasteiger partial charge in [-0.15, -0.1) is 11.3 Å². The van der Waals surface area contributed by atoms with Crippen LogP contribution >= 0.6 is 11.3 Å². The predicted molar refractivity (Wildman–Crippen MR) is 124 cm³/mol. The van der Waals surface area contributed by atoms with Crippen molar-refractivity contribution in [2.75, 3.05) is 38.1 Å². The molecule has 1 saturated heterocycles. The van der Waals surface area contributed by atoms with Crippen molar-refractivity contribution in [2.45, 2.75) is 26.2 Å². The number of carbonyl (C=O) groups is 1. The number of anilines is 1. The van der Waals surface area contributed by atoms with Gasteiger partial charge in [-0.3, -0.25) is 4.79 Å². The van der Waals surface area contributed by atoms with Crippen molar-refractivity contribution in [3.8, 4) is 17.1 Å². The van der Waals surface area contributed by atoms with Gasteiger partial charge in [0.15, 0.2) is 0 Å². The van der Waals surface area contributed by atoms with Gasteiger partial charge in [-0.05, 0) is 62.0 Å². The van der Waals surface area contributed by atoms with Gasteiger partial charge in [0.1, 0.15) is 16.3 Å². The molecule has 2 aromatic heterocycles. The van der Waals surface area contributed by atoms with Gasteiger partial charge in [0.05, 0.1) is 17.7 Å². The van der Waals surface area contributed by atoms with Crippen LogP contribution < -0.4 is 20.9 Å². The van der Waals surface area contributed by atoms with E-state index in [4.69, 9.17) is 4.74 Å². The molecule has 0 spiro atoms. The number of aromatic amines is 1. The number of carbonyl (C=O) groups excluding carboxylic acids is 1. The molecule has 0 unspecified atom stereocenters. The lowest BCUT2D eigenvalue weighted by Gasteiger charge is -2.16. The maximum atomic E-state index is 12.4. The molecule has 3 aromatic rings. The molecule has 31 heavy (non-hydrogen) atoms. The first kappa shape index (κ1) is 21.3. The number of aromatic nitrogens is 2. The second-order valence-corrected chi connectivity index (χ2v) is 8.45. The zero-order chi connectivity index (χ0) is 21.6. The molecule has 2 amide bonds. The Morgan fingerprint density at radius 2 is 2.13 bits per heavy atom. The number of rotatable bonds is 8. The van der Waals surface area contributed by atoms with E-state index in [9.17, 15) is 9.59 Å². The normalized spacial score (nSPS) is 14.1. The van der Waals surface area contributed by atoms with E-state index in [1.807, 2.05) is 18.4 Å². The summed E-state index contributed by atoms with van der Waals surface area (Å²) in [4.78, 5) is 34.6. The molecule has 0 atom stereocenters. The second-order valence-electron chi connectivity index (χ2n) is 7.54. The molecule has 1 aliphatic heterocycles. The number of benzene rings is 1. The van der Waals surface area contributed by atoms with Crippen LogP contribution in [0.1, 0.15) is 26.2 Å². The minimum atomic E-state index is -0.262. The van der Waals surface area contributed by atoms with Crippen LogP contribution in [0.3, 0.4) is 0 Å². The number of hydrogen-bond donors (Lipinski definition) is 3. The van der Waals surface area contributed by atoms with Gasteiger partial charge in [-0.25, -0.2) is 9.78 Å². The fraction of sp³-hybridized carbons (Fsp3) is 0.409. The van der Waals surface area contributed by atoms with Crippen LogP contribution in [0.5, 0.6) is 5.75 Å². The second kappa shape index (κ2) is 9.93. The Bertz CT molecular complexity index is 1100. The molecule has 8 nitrogen and oxygen atoms in total. The number of amides is 2. The summed E-state index contributed by atoms with van der Waals surface area (Å²) in [5.41, 5.74) is 1.69. The van der Waals surface area contributed by atoms with E-state index in [2.05, 4.69) is 25.5 Å². The molecular weight excluding hydrogens is 414 g/mol. The molecule has 0 saturated carbocycles. The molecule has 1 fully saturated rings. The first-order valence-corrected chi connectivity index (χ1v) is 11.5. The van der Waals surface area contributed by atoms with Crippen LogP contribution in [-0.4, -0.2) is 53.7 Å². The lowest BCUT2D eigenvalue weighted by Crippen LogP contribution is -2.35. The average molecular weight is 442 g/mol. The van der Waals surface area contributed by atoms with Crippen LogP contribution in [0.4, 0.5) is 10.5 Å². The van der Waals surface area contributed by atoms with Gasteiger partial charge in [-0.2, -0.15) is 0 Å². The monoisotopic (exact) mass is 441 g/mol. The van der Waals surface area contributed by atoms with Gasteiger partial charge in [0.25, 0.3) is 5.56 Å². The summed E-state index contributed by atoms with van der Waals surface area (Å²) in [6.07, 6.45) is 3.32. The molecule has 3 N–H and O–H groups in total. The van der Waals surface area contributed by atoms with E-state index in [0.29, 0.717) is 46.2 Å². The third-order valence-corrected chi connectivity index (χ3v) is 6.08. The fourth-order valence-electron chi connectivity index (χ4n) is 3.64. The van der Waals surface area contributed by atoms with Crippen LogP contribution in [0, 0.1) is 0 Å². The molecule has 164 valence electrons. The van der Waals surface area contributed by atoms with E-state index >= 15 is 0 Å². The largest absolute Gasteiger partial charge is 0.493 e. The fourth-order valence-corrected chi connectivity index (χ4v) is 4.37. The lowest BCUT2D eigenvalue weighted by atomic mass is 10.1. The van der Waals surface area contributed by atoms with E-state index in [1.165, 1.54) is 24.2 Å². The van der Waals surface area contributed by atoms with Crippen molar-refractivity contribution >= 4 is 33.3 Å². The summed E-state index contributed by atoms with van der Waals surface area (Å²) in [6, 6.07) is 6.92. The maximum absolute atomic E-state index is 12.4. The Morgan fingerprint density at radius 1 is 1.29 bits per heavy atom. The maximum Gasteiger partial charge on any atom is 0.319 e. The number of nitrogens with zero attached hydrogens (tertiary/aromatic N) is 2. The van der Waals surface area contributed by atoms with Crippen molar-refractivity contribution in [1.82, 2.24) is 20.2 Å². The van der Waals surface area contributed by atoms with E-state index in [-0.39, 0.29) is 11.6 Å². The standard InChI is InChI=1S/C22H27N5O3S/c1-2-12-30-18-6-5-15(24-22(29)23-8-11-27-9-3-4-10-27)14-16(18)20-25-17-7-13-31-19(17)21(28)26-20/h5-7,13-14H,2-4,8-12H2,1H3,(H2,23,24,29)(H,25,26,28). The van der Waals surface area contributed by atoms with Crippen LogP contribution in [0.25, 0.3) is 21.6 Å². The smallest absolute Gasteiger partial charge is 0.319 e. The number of ether oxygens (including phenoxy) is 1. The van der Waals surface area contributed by atoms with Crippen LogP contribution in [-0.2, 0) is 0 Å². The van der Waals surface area contributed by atoms with Crippen molar-refractivity contribution in [3.63, 3.8) is 0 Å². The Labute approximate surface area is 184 Å². The molecule has 0 aliphatic carbocycles. The molecule has 0 radical (unpaired) electrons. The third-order valence-electron chi connectivity index (χ3n) is 5.18. The van der Waals surface area contributed by atoms with Crippen molar-refractivity contribution in [1.29, 1.82) is 0 Å². The van der Waals surface area contributed by atoms with E-state index in [1.54, 1.807) is 18.2 Å². The Balaban J connectivity index is 1.52. The first-order chi connectivity index (χ1) is 15.1. The molecule has 0 bridgehead atoms. The highest BCUT2D eigenvalue weighted by atomic mass is 32.1. The lowest BCUT2D eigenvalue weighted by molar-refractivity contribution is 0.249. The molecule has 1 aromatic carbocycles. The summed E-state index contributed by atoms with van der Waals surface area (Å²) in [6.45, 7) is 6.23. The average Bonchev–Trinajstić information content (AvgIpc) is 3.45. The highest BCUT2D eigenvalue weighted by Gasteiger charge is 2.15. The first-order valence-electron chi connectivity index (χ1n) is 10.7. The van der Waals surface area contributed by atoms with E-state index < -0.39 is 0 Å². The number of urea groups is 1. The molecule has 4 rings (SSSR count). The minimum absolute atomic E-state index is 0.186. The Hall–Kier alpha value is -2.91. The molecule has 3 heterocycles. The summed E-state index contributed by atoms with van der Waals surface area (Å²) in [5.74, 6) is 1.03. The minimum Gasteiger partial charge on any atom is -0.493 e. The van der Waals surface area contributed by atoms with Crippen molar-refractivity contribution in [3.05, 3.63) is 40.0 Å². The predicted octanol–water partition coefficient (Wildman–Crippen LogP) is 3.66. The van der Waals surface area contributed by atoms with Crippen LogP contribution in [0.15, 0.2) is 34.4 Å². The number of likely N-dealkylation sites (tertiary alicyclic amines) is 1. The van der Waals surface area contributed by atoms with Crippen LogP contribution in [0.2, 0.25) is 0 Å². The molecule has 1 aliphatic rings. The Morgan fingerprint density at radius 3 is 2.94 bits per heavy atom. The number of nitrogens with one attached hydrogen (secondary N) is 3. The zero-order valence-electron chi connectivity index (χ0n) is 17.6. The third kappa shape index (κ3) is 5.23. The van der Waals surface area contributed by atoms with E-state index in [0.717, 1.165) is 26.1 Å². The van der Waals surface area contributed by atoms with Gasteiger partial charge >= 0.3 is 6.03 Å².